The van der Waals surface area contributed by atoms with Gasteiger partial charge in [0.05, 0.1) is 10.0 Å². The molecule has 4 N–H and O–H groups in total. The number of hydrogen-bond acceptors (Lipinski definition) is 2. The van der Waals surface area contributed by atoms with Crippen LogP contribution in [0.3, 0.4) is 0 Å². The van der Waals surface area contributed by atoms with Gasteiger partial charge in [0.2, 0.25) is 0 Å². The third-order valence-electron chi connectivity index (χ3n) is 2.54. The van der Waals surface area contributed by atoms with Gasteiger partial charge in [0.15, 0.2) is 5.11 Å². The van der Waals surface area contributed by atoms with Crippen LogP contribution in [0.5, 0.6) is 0 Å². The largest absolute Gasteiger partial charge is 0.404 e. The van der Waals surface area contributed by atoms with E-state index in [9.17, 15) is 0 Å². The van der Waals surface area contributed by atoms with Crippen molar-refractivity contribution in [2.24, 2.45) is 5.73 Å². The van der Waals surface area contributed by atoms with Crippen LogP contribution in [0.1, 0.15) is 6.42 Å². The van der Waals surface area contributed by atoms with Crippen LogP contribution in [-0.4, -0.2) is 11.7 Å². The Hall–Kier alpha value is -1.49. The zero-order chi connectivity index (χ0) is 15.7. The Morgan fingerprint density at radius 1 is 1.33 bits per heavy atom. The lowest BCUT2D eigenvalue weighted by Gasteiger charge is -2.11. The van der Waals surface area contributed by atoms with Crippen LogP contribution in [0.25, 0.3) is 0 Å². The minimum Gasteiger partial charge on any atom is -0.404 e. The summed E-state index contributed by atoms with van der Waals surface area (Å²) >= 11 is 17.0. The predicted octanol–water partition coefficient (Wildman–Crippen LogP) is 4.25. The van der Waals surface area contributed by atoms with E-state index in [1.54, 1.807) is 30.5 Å². The van der Waals surface area contributed by atoms with Crippen molar-refractivity contribution in [2.45, 2.75) is 6.42 Å². The molecule has 0 spiro atoms. The fraction of sp³-hybridized carbons (Fsp3) is 0.133. The van der Waals surface area contributed by atoms with E-state index in [0.29, 0.717) is 21.7 Å². The molecule has 0 atom stereocenters. The molecule has 3 nitrogen and oxygen atoms in total. The maximum Gasteiger partial charge on any atom is 0.170 e. The van der Waals surface area contributed by atoms with Gasteiger partial charge >= 0.3 is 0 Å². The Kier molecular flexibility index (Phi) is 7.90. The Morgan fingerprint density at radius 2 is 2.10 bits per heavy atom. The van der Waals surface area contributed by atoms with Crippen LogP contribution >= 0.6 is 35.4 Å². The van der Waals surface area contributed by atoms with Crippen LogP contribution in [0.4, 0.5) is 5.69 Å². The zero-order valence-electron chi connectivity index (χ0n) is 11.4. The molecule has 1 aromatic rings. The van der Waals surface area contributed by atoms with Crippen molar-refractivity contribution in [3.05, 3.63) is 64.8 Å². The first-order valence-corrected chi connectivity index (χ1v) is 7.43. The summed E-state index contributed by atoms with van der Waals surface area (Å²) in [6.07, 6.45) is 7.77. The van der Waals surface area contributed by atoms with Gasteiger partial charge in [0, 0.05) is 12.2 Å². The standard InChI is InChI=1S/C15H17Cl2N3S/c1-2-3-4-11(10-18)7-8-19-15(21)20-12-5-6-13(16)14(17)9-12/h2-6,9-10H,1,7-8,18H2,(H2,19,20,21)/b4-3-,11-10+. The molecule has 0 aliphatic carbocycles. The molecule has 0 unspecified atom stereocenters. The summed E-state index contributed by atoms with van der Waals surface area (Å²) < 4.78 is 0. The van der Waals surface area contributed by atoms with E-state index in [1.807, 2.05) is 12.2 Å². The lowest BCUT2D eigenvalue weighted by molar-refractivity contribution is 0.874. The Labute approximate surface area is 140 Å². The molecular weight excluding hydrogens is 325 g/mol. The minimum atomic E-state index is 0.479. The average Bonchev–Trinajstić information content (AvgIpc) is 2.46. The van der Waals surface area contributed by atoms with Gasteiger partial charge in [-0.2, -0.15) is 0 Å². The first kappa shape index (κ1) is 17.6. The molecule has 21 heavy (non-hydrogen) atoms. The highest BCUT2D eigenvalue weighted by molar-refractivity contribution is 7.80. The number of hydrogen-bond donors (Lipinski definition) is 3. The number of benzene rings is 1. The quantitative estimate of drug-likeness (QED) is 0.534. The summed E-state index contributed by atoms with van der Waals surface area (Å²) in [5.41, 5.74) is 7.31. The van der Waals surface area contributed by atoms with Crippen molar-refractivity contribution < 1.29 is 0 Å². The number of rotatable bonds is 6. The van der Waals surface area contributed by atoms with Gasteiger partial charge in [-0.3, -0.25) is 0 Å². The second-order valence-electron chi connectivity index (χ2n) is 4.10. The first-order valence-electron chi connectivity index (χ1n) is 6.26. The summed E-state index contributed by atoms with van der Waals surface area (Å²) in [4.78, 5) is 0. The fourth-order valence-electron chi connectivity index (χ4n) is 1.48. The molecule has 0 fully saturated rings. The number of nitrogens with one attached hydrogen (secondary N) is 2. The van der Waals surface area contributed by atoms with E-state index in [2.05, 4.69) is 17.2 Å². The highest BCUT2D eigenvalue weighted by Gasteiger charge is 2.01. The van der Waals surface area contributed by atoms with Gasteiger partial charge in [-0.1, -0.05) is 48.0 Å². The molecule has 0 radical (unpaired) electrons. The molecule has 0 saturated heterocycles. The lowest BCUT2D eigenvalue weighted by Crippen LogP contribution is -2.29. The van der Waals surface area contributed by atoms with Crippen LogP contribution < -0.4 is 16.4 Å². The minimum absolute atomic E-state index is 0.479. The molecule has 0 saturated carbocycles. The predicted molar refractivity (Wildman–Crippen MR) is 96.9 cm³/mol. The molecule has 112 valence electrons. The summed E-state index contributed by atoms with van der Waals surface area (Å²) in [5, 5.41) is 7.63. The van der Waals surface area contributed by atoms with E-state index >= 15 is 0 Å². The smallest absolute Gasteiger partial charge is 0.170 e. The summed E-state index contributed by atoms with van der Waals surface area (Å²) in [6, 6.07) is 5.24. The first-order chi connectivity index (χ1) is 10.1. The third kappa shape index (κ3) is 6.67. The SMILES string of the molecule is C=C/C=C\C(=C/N)CCNC(=S)Nc1ccc(Cl)c(Cl)c1. The molecule has 1 rings (SSSR count). The molecule has 0 amide bonds. The molecule has 1 aromatic carbocycles. The fourth-order valence-corrected chi connectivity index (χ4v) is 2.00. The van der Waals surface area contributed by atoms with Crippen LogP contribution in [0.2, 0.25) is 10.0 Å². The van der Waals surface area contributed by atoms with Crippen molar-refractivity contribution in [3.63, 3.8) is 0 Å². The number of allylic oxidation sites excluding steroid dienone is 3. The molecule has 0 aliphatic rings. The number of halogens is 2. The number of anilines is 1. The second-order valence-corrected chi connectivity index (χ2v) is 5.32. The van der Waals surface area contributed by atoms with Crippen molar-refractivity contribution in [1.82, 2.24) is 5.32 Å². The molecule has 0 heterocycles. The maximum atomic E-state index is 5.94. The van der Waals surface area contributed by atoms with E-state index < -0.39 is 0 Å². The van der Waals surface area contributed by atoms with E-state index in [1.165, 1.54) is 0 Å². The molecule has 6 heteroatoms. The van der Waals surface area contributed by atoms with Crippen molar-refractivity contribution in [1.29, 1.82) is 0 Å². The van der Waals surface area contributed by atoms with Crippen LogP contribution in [0.15, 0.2) is 54.8 Å². The van der Waals surface area contributed by atoms with E-state index in [0.717, 1.165) is 17.7 Å². The van der Waals surface area contributed by atoms with E-state index in [4.69, 9.17) is 41.2 Å². The van der Waals surface area contributed by atoms with Gasteiger partial charge in [0.1, 0.15) is 0 Å². The van der Waals surface area contributed by atoms with Crippen molar-refractivity contribution in [3.8, 4) is 0 Å². The number of nitrogens with two attached hydrogens (primary N) is 1. The highest BCUT2D eigenvalue weighted by atomic mass is 35.5. The molecule has 0 aromatic heterocycles. The van der Waals surface area contributed by atoms with Gasteiger partial charge in [-0.25, -0.2) is 0 Å². The van der Waals surface area contributed by atoms with E-state index in [-0.39, 0.29) is 0 Å². The van der Waals surface area contributed by atoms with Crippen LogP contribution in [-0.2, 0) is 0 Å². The van der Waals surface area contributed by atoms with Gasteiger partial charge in [-0.05, 0) is 48.6 Å². The Balaban J connectivity index is 2.42. The van der Waals surface area contributed by atoms with Gasteiger partial charge < -0.3 is 16.4 Å². The Bertz CT molecular complexity index is 568. The molecule has 0 bridgehead atoms. The van der Waals surface area contributed by atoms with Crippen molar-refractivity contribution in [2.75, 3.05) is 11.9 Å². The lowest BCUT2D eigenvalue weighted by atomic mass is 10.2. The topological polar surface area (TPSA) is 50.1 Å². The molecular formula is C15H17Cl2N3S. The number of thiocarbonyl (C=S) groups is 1. The Morgan fingerprint density at radius 3 is 2.71 bits per heavy atom. The zero-order valence-corrected chi connectivity index (χ0v) is 13.7. The van der Waals surface area contributed by atoms with Crippen molar-refractivity contribution >= 4 is 46.2 Å². The molecule has 0 aliphatic heterocycles. The van der Waals surface area contributed by atoms with Gasteiger partial charge in [-0.15, -0.1) is 0 Å². The average molecular weight is 342 g/mol. The van der Waals surface area contributed by atoms with Crippen LogP contribution in [0, 0.1) is 0 Å². The second kappa shape index (κ2) is 9.45. The normalized spacial score (nSPS) is 11.4. The summed E-state index contributed by atoms with van der Waals surface area (Å²) in [7, 11) is 0. The summed E-state index contributed by atoms with van der Waals surface area (Å²) in [6.45, 7) is 4.28. The summed E-state index contributed by atoms with van der Waals surface area (Å²) in [5.74, 6) is 0. The highest BCUT2D eigenvalue weighted by Crippen LogP contribution is 2.24. The maximum absolute atomic E-state index is 5.94. The monoisotopic (exact) mass is 341 g/mol. The third-order valence-corrected chi connectivity index (χ3v) is 3.52. The van der Waals surface area contributed by atoms with Gasteiger partial charge in [0.25, 0.3) is 0 Å².